The molecule has 0 bridgehead atoms. The van der Waals surface area contributed by atoms with Crippen LogP contribution < -0.4 is 5.69 Å². The van der Waals surface area contributed by atoms with E-state index in [0.717, 1.165) is 45.5 Å². The van der Waals surface area contributed by atoms with Gasteiger partial charge in [-0.1, -0.05) is 67.6 Å². The topological polar surface area (TPSA) is 61.5 Å². The van der Waals surface area contributed by atoms with E-state index in [2.05, 4.69) is 21.9 Å². The smallest absolute Gasteiger partial charge is 0.346 e. The van der Waals surface area contributed by atoms with Crippen molar-refractivity contribution in [2.75, 3.05) is 0 Å². The molecule has 4 rings (SSSR count). The highest BCUT2D eigenvalue weighted by Gasteiger charge is 2.17. The number of nitrogens with zero attached hydrogens (tertiary/aromatic N) is 1. The number of hydrogen-bond donors (Lipinski definition) is 2. The van der Waals surface area contributed by atoms with Gasteiger partial charge in [0.2, 0.25) is 0 Å². The number of hydrogen-bond acceptors (Lipinski definition) is 2. The standard InChI is InChI=1S/C20H17N3O/c1-2-15-16-17(13-9-5-3-6-10-13)22-20(24)23-19(16)18(21-15)14-11-7-4-8-12-14/h3-12,21H,2H2,1H3,(H,23,24). The monoisotopic (exact) mass is 315 g/mol. The van der Waals surface area contributed by atoms with Gasteiger partial charge in [0, 0.05) is 22.2 Å². The van der Waals surface area contributed by atoms with Crippen molar-refractivity contribution in [1.29, 1.82) is 0 Å². The minimum atomic E-state index is -0.333. The lowest BCUT2D eigenvalue weighted by Crippen LogP contribution is -2.11. The Morgan fingerprint density at radius 3 is 2.12 bits per heavy atom. The van der Waals surface area contributed by atoms with E-state index in [0.29, 0.717) is 0 Å². The Hall–Kier alpha value is -3.14. The number of aromatic nitrogens is 3. The molecule has 0 saturated heterocycles. The number of nitrogens with one attached hydrogen (secondary N) is 2. The van der Waals surface area contributed by atoms with Crippen LogP contribution in [0.15, 0.2) is 65.5 Å². The van der Waals surface area contributed by atoms with Crippen molar-refractivity contribution in [2.24, 2.45) is 0 Å². The molecule has 4 aromatic rings. The summed E-state index contributed by atoms with van der Waals surface area (Å²) in [5, 5.41) is 0.988. The van der Waals surface area contributed by atoms with Crippen LogP contribution in [0.25, 0.3) is 33.4 Å². The number of fused-ring (bicyclic) bond motifs is 1. The van der Waals surface area contributed by atoms with Crippen molar-refractivity contribution in [1.82, 2.24) is 15.0 Å². The third-order valence-electron chi connectivity index (χ3n) is 4.22. The fourth-order valence-electron chi connectivity index (χ4n) is 3.12. The number of rotatable bonds is 3. The molecule has 24 heavy (non-hydrogen) atoms. The molecular weight excluding hydrogens is 298 g/mol. The Kier molecular flexibility index (Phi) is 3.50. The maximum absolute atomic E-state index is 12.2. The molecule has 0 fully saturated rings. The Balaban J connectivity index is 2.10. The average molecular weight is 315 g/mol. The molecule has 0 aliphatic carbocycles. The van der Waals surface area contributed by atoms with Gasteiger partial charge in [-0.2, -0.15) is 4.98 Å². The summed E-state index contributed by atoms with van der Waals surface area (Å²) in [6.07, 6.45) is 0.830. The third-order valence-corrected chi connectivity index (χ3v) is 4.22. The van der Waals surface area contributed by atoms with Crippen LogP contribution >= 0.6 is 0 Å². The molecule has 0 spiro atoms. The molecule has 4 heteroatoms. The largest absolute Gasteiger partial charge is 0.356 e. The second-order valence-corrected chi connectivity index (χ2v) is 5.70. The highest BCUT2D eigenvalue weighted by Crippen LogP contribution is 2.34. The molecular formula is C20H17N3O. The molecule has 0 amide bonds. The highest BCUT2D eigenvalue weighted by atomic mass is 16.1. The normalized spacial score (nSPS) is 11.0. The van der Waals surface area contributed by atoms with E-state index in [1.807, 2.05) is 60.7 Å². The molecule has 0 unspecified atom stereocenters. The van der Waals surface area contributed by atoms with Crippen LogP contribution in [0.3, 0.4) is 0 Å². The van der Waals surface area contributed by atoms with Crippen molar-refractivity contribution in [2.45, 2.75) is 13.3 Å². The SMILES string of the molecule is CCc1[nH]c(-c2ccccc2)c2[nH]c(=O)nc(-c3ccccc3)c12. The summed E-state index contributed by atoms with van der Waals surface area (Å²) in [5.41, 5.74) is 5.21. The van der Waals surface area contributed by atoms with Gasteiger partial charge in [0.1, 0.15) is 0 Å². The van der Waals surface area contributed by atoms with Crippen LogP contribution in [-0.4, -0.2) is 15.0 Å². The zero-order valence-corrected chi connectivity index (χ0v) is 13.3. The molecule has 2 heterocycles. The van der Waals surface area contributed by atoms with Gasteiger partial charge in [-0.3, -0.25) is 0 Å². The molecule has 0 saturated carbocycles. The molecule has 0 aliphatic heterocycles. The summed E-state index contributed by atoms with van der Waals surface area (Å²) in [4.78, 5) is 22.8. The maximum Gasteiger partial charge on any atom is 0.346 e. The fraction of sp³-hybridized carbons (Fsp3) is 0.100. The van der Waals surface area contributed by atoms with Gasteiger partial charge in [0.05, 0.1) is 16.9 Å². The first-order chi connectivity index (χ1) is 11.8. The number of benzene rings is 2. The van der Waals surface area contributed by atoms with Gasteiger partial charge in [0.15, 0.2) is 0 Å². The lowest BCUT2D eigenvalue weighted by Gasteiger charge is -2.04. The van der Waals surface area contributed by atoms with Crippen LogP contribution in [0, 0.1) is 0 Å². The van der Waals surface area contributed by atoms with Gasteiger partial charge < -0.3 is 9.97 Å². The average Bonchev–Trinajstić information content (AvgIpc) is 3.01. The zero-order chi connectivity index (χ0) is 16.5. The van der Waals surface area contributed by atoms with E-state index < -0.39 is 0 Å². The molecule has 0 aliphatic rings. The Morgan fingerprint density at radius 1 is 0.875 bits per heavy atom. The molecule has 0 radical (unpaired) electrons. The molecule has 2 N–H and O–H groups in total. The minimum absolute atomic E-state index is 0.333. The van der Waals surface area contributed by atoms with Gasteiger partial charge in [-0.05, 0) is 6.42 Å². The first kappa shape index (κ1) is 14.5. The second-order valence-electron chi connectivity index (χ2n) is 5.70. The van der Waals surface area contributed by atoms with Gasteiger partial charge in [-0.25, -0.2) is 4.79 Å². The highest BCUT2D eigenvalue weighted by molar-refractivity contribution is 6.02. The van der Waals surface area contributed by atoms with Crippen LogP contribution in [0.4, 0.5) is 0 Å². The Bertz CT molecular complexity index is 1050. The maximum atomic E-state index is 12.2. The predicted molar refractivity (Wildman–Crippen MR) is 97.0 cm³/mol. The van der Waals surface area contributed by atoms with Gasteiger partial charge in [0.25, 0.3) is 0 Å². The van der Waals surface area contributed by atoms with E-state index in [-0.39, 0.29) is 5.69 Å². The van der Waals surface area contributed by atoms with Crippen molar-refractivity contribution in [3.8, 4) is 22.5 Å². The van der Waals surface area contributed by atoms with Crippen LogP contribution in [-0.2, 0) is 6.42 Å². The van der Waals surface area contributed by atoms with Crippen molar-refractivity contribution in [3.05, 3.63) is 76.8 Å². The summed E-state index contributed by atoms with van der Waals surface area (Å²) in [6, 6.07) is 19.9. The molecule has 0 atom stereocenters. The molecule has 118 valence electrons. The minimum Gasteiger partial charge on any atom is -0.356 e. The van der Waals surface area contributed by atoms with Crippen molar-refractivity contribution >= 4 is 10.9 Å². The summed E-state index contributed by atoms with van der Waals surface area (Å²) in [5.74, 6) is 0. The quantitative estimate of drug-likeness (QED) is 0.596. The van der Waals surface area contributed by atoms with Crippen LogP contribution in [0.1, 0.15) is 12.6 Å². The van der Waals surface area contributed by atoms with E-state index in [4.69, 9.17) is 0 Å². The van der Waals surface area contributed by atoms with E-state index >= 15 is 0 Å². The Labute approximate surface area is 139 Å². The summed E-state index contributed by atoms with van der Waals surface area (Å²) < 4.78 is 0. The number of aromatic amines is 2. The molecule has 2 aromatic carbocycles. The van der Waals surface area contributed by atoms with Crippen LogP contribution in [0.2, 0.25) is 0 Å². The summed E-state index contributed by atoms with van der Waals surface area (Å²) in [6.45, 7) is 2.10. The van der Waals surface area contributed by atoms with Crippen molar-refractivity contribution < 1.29 is 0 Å². The molecule has 4 nitrogen and oxygen atoms in total. The predicted octanol–water partition coefficient (Wildman–Crippen LogP) is 4.15. The van der Waals surface area contributed by atoms with E-state index in [1.165, 1.54) is 0 Å². The lowest BCUT2D eigenvalue weighted by molar-refractivity contribution is 1.07. The van der Waals surface area contributed by atoms with Crippen LogP contribution in [0.5, 0.6) is 0 Å². The fourth-order valence-corrected chi connectivity index (χ4v) is 3.12. The Morgan fingerprint density at radius 2 is 1.50 bits per heavy atom. The zero-order valence-electron chi connectivity index (χ0n) is 13.3. The summed E-state index contributed by atoms with van der Waals surface area (Å²) >= 11 is 0. The van der Waals surface area contributed by atoms with E-state index in [1.54, 1.807) is 0 Å². The third kappa shape index (κ3) is 2.33. The molecule has 2 aromatic heterocycles. The van der Waals surface area contributed by atoms with Gasteiger partial charge >= 0.3 is 5.69 Å². The van der Waals surface area contributed by atoms with Crippen molar-refractivity contribution in [3.63, 3.8) is 0 Å². The second kappa shape index (κ2) is 5.81. The number of aryl methyl sites for hydroxylation is 1. The van der Waals surface area contributed by atoms with E-state index in [9.17, 15) is 4.79 Å². The number of H-pyrrole nitrogens is 2. The lowest BCUT2D eigenvalue weighted by atomic mass is 10.0. The summed E-state index contributed by atoms with van der Waals surface area (Å²) in [7, 11) is 0. The first-order valence-corrected chi connectivity index (χ1v) is 8.03. The first-order valence-electron chi connectivity index (χ1n) is 8.03. The van der Waals surface area contributed by atoms with Gasteiger partial charge in [-0.15, -0.1) is 0 Å².